The fourth-order valence-electron chi connectivity index (χ4n) is 2.96. The van der Waals surface area contributed by atoms with E-state index in [0.717, 1.165) is 18.4 Å². The molecule has 1 aliphatic rings. The molecule has 1 N–H and O–H groups in total. The minimum atomic E-state index is -4.44. The molecule has 1 heterocycles. The molecule has 1 aromatic carbocycles. The number of hydrogen-bond acceptors (Lipinski definition) is 4. The zero-order chi connectivity index (χ0) is 19.5. The number of carbonyl (C=O) groups excluding carboxylic acids is 1. The molecule has 0 amide bonds. The molecule has 144 valence electrons. The van der Waals surface area contributed by atoms with Gasteiger partial charge in [0.2, 0.25) is 0 Å². The summed E-state index contributed by atoms with van der Waals surface area (Å²) in [6.07, 6.45) is -1.26. The molecule has 0 spiro atoms. The largest absolute Gasteiger partial charge is 0.516 e. The summed E-state index contributed by atoms with van der Waals surface area (Å²) in [4.78, 5) is 14.0. The minimum absolute atomic E-state index is 0.256. The number of aliphatic hydroxyl groups is 1. The van der Waals surface area contributed by atoms with Gasteiger partial charge >= 0.3 is 12.1 Å². The molecule has 4 nitrogen and oxygen atoms in total. The van der Waals surface area contributed by atoms with Crippen LogP contribution >= 0.6 is 0 Å². The monoisotopic (exact) mass is 371 g/mol. The predicted molar refractivity (Wildman–Crippen MR) is 93.9 cm³/mol. The van der Waals surface area contributed by atoms with Crippen LogP contribution in [0.5, 0.6) is 0 Å². The van der Waals surface area contributed by atoms with Gasteiger partial charge in [0, 0.05) is 24.3 Å². The zero-order valence-electron chi connectivity index (χ0n) is 15.1. The molecule has 1 saturated heterocycles. The third-order valence-electron chi connectivity index (χ3n) is 4.19. The summed E-state index contributed by atoms with van der Waals surface area (Å²) in [6.45, 7) is 6.29. The van der Waals surface area contributed by atoms with E-state index in [0.29, 0.717) is 37.2 Å². The Morgan fingerprint density at radius 1 is 1.23 bits per heavy atom. The number of anilines is 1. The van der Waals surface area contributed by atoms with Crippen LogP contribution in [0.25, 0.3) is 6.08 Å². The molecule has 7 heteroatoms. The van der Waals surface area contributed by atoms with Gasteiger partial charge in [0.25, 0.3) is 0 Å². The molecular formula is C19H24F3NO3. The van der Waals surface area contributed by atoms with Gasteiger partial charge < -0.3 is 14.7 Å². The van der Waals surface area contributed by atoms with Crippen LogP contribution in [0.2, 0.25) is 0 Å². The number of ether oxygens (including phenoxy) is 1. The van der Waals surface area contributed by atoms with E-state index in [9.17, 15) is 18.0 Å². The highest BCUT2D eigenvalue weighted by molar-refractivity contribution is 5.74. The number of nitrogens with zero attached hydrogens (tertiary/aromatic N) is 1. The lowest BCUT2D eigenvalue weighted by molar-refractivity contribution is -0.160. The molecule has 26 heavy (non-hydrogen) atoms. The fourth-order valence-corrected chi connectivity index (χ4v) is 2.96. The van der Waals surface area contributed by atoms with Crippen molar-refractivity contribution >= 4 is 17.7 Å². The van der Waals surface area contributed by atoms with Crippen molar-refractivity contribution in [2.75, 3.05) is 18.0 Å². The van der Waals surface area contributed by atoms with E-state index in [1.54, 1.807) is 20.8 Å². The van der Waals surface area contributed by atoms with Gasteiger partial charge in [-0.3, -0.25) is 4.79 Å². The summed E-state index contributed by atoms with van der Waals surface area (Å²) < 4.78 is 44.5. The maximum Gasteiger partial charge on any atom is 0.416 e. The second-order valence-corrected chi connectivity index (χ2v) is 7.38. The van der Waals surface area contributed by atoms with Crippen molar-refractivity contribution in [2.45, 2.75) is 45.4 Å². The lowest BCUT2D eigenvalue weighted by Gasteiger charge is -2.35. The first-order chi connectivity index (χ1) is 12.0. The van der Waals surface area contributed by atoms with Crippen molar-refractivity contribution in [3.05, 3.63) is 35.6 Å². The molecule has 0 aromatic heterocycles. The molecule has 0 unspecified atom stereocenters. The van der Waals surface area contributed by atoms with Crippen molar-refractivity contribution in [3.63, 3.8) is 0 Å². The molecule has 0 aliphatic carbocycles. The topological polar surface area (TPSA) is 49.8 Å². The fraction of sp³-hybridized carbons (Fsp3) is 0.526. The van der Waals surface area contributed by atoms with Gasteiger partial charge in [0.05, 0.1) is 17.7 Å². The minimum Gasteiger partial charge on any atom is -0.516 e. The summed E-state index contributed by atoms with van der Waals surface area (Å²) in [5.74, 6) is -0.523. The number of piperidine rings is 1. The molecule has 1 aliphatic heterocycles. The Labute approximate surface area is 151 Å². The summed E-state index contributed by atoms with van der Waals surface area (Å²) >= 11 is 0. The third kappa shape index (κ3) is 5.16. The van der Waals surface area contributed by atoms with Crippen molar-refractivity contribution in [1.29, 1.82) is 0 Å². The van der Waals surface area contributed by atoms with E-state index < -0.39 is 17.3 Å². The summed E-state index contributed by atoms with van der Waals surface area (Å²) in [5.41, 5.74) is -0.408. The number of benzene rings is 1. The summed E-state index contributed by atoms with van der Waals surface area (Å²) in [6, 6.07) is 3.42. The summed E-state index contributed by atoms with van der Waals surface area (Å²) in [5, 5.41) is 9.01. The first kappa shape index (κ1) is 20.1. The highest BCUT2D eigenvalue weighted by Crippen LogP contribution is 2.35. The van der Waals surface area contributed by atoms with Crippen LogP contribution in [-0.4, -0.2) is 29.8 Å². The maximum absolute atomic E-state index is 13.0. The lowest BCUT2D eigenvalue weighted by atomic mass is 9.95. The summed E-state index contributed by atoms with van der Waals surface area (Å²) in [7, 11) is 0. The van der Waals surface area contributed by atoms with Gasteiger partial charge in [0.15, 0.2) is 0 Å². The van der Waals surface area contributed by atoms with Crippen molar-refractivity contribution in [1.82, 2.24) is 0 Å². The van der Waals surface area contributed by atoms with Crippen molar-refractivity contribution in [2.24, 2.45) is 5.92 Å². The Balaban J connectivity index is 2.16. The van der Waals surface area contributed by atoms with Crippen molar-refractivity contribution in [3.8, 4) is 0 Å². The molecule has 0 bridgehead atoms. The quantitative estimate of drug-likeness (QED) is 0.613. The van der Waals surface area contributed by atoms with Crippen LogP contribution in [0.1, 0.15) is 44.7 Å². The standard InChI is InChI=1S/C19H24F3NO3/c1-18(2,3)26-17(25)14-6-9-23(10-7-14)16-12-15(19(20,21)22)5-4-13(16)8-11-24/h4-5,8,11-12,14,24H,6-7,9-10H2,1-3H3/b11-8+. The average molecular weight is 371 g/mol. The molecule has 0 saturated carbocycles. The molecule has 2 rings (SSSR count). The number of hydrogen-bond donors (Lipinski definition) is 1. The van der Waals surface area contributed by atoms with Crippen LogP contribution in [0.4, 0.5) is 18.9 Å². The van der Waals surface area contributed by atoms with E-state index in [-0.39, 0.29) is 11.9 Å². The highest BCUT2D eigenvalue weighted by Gasteiger charge is 2.33. The average Bonchev–Trinajstić information content (AvgIpc) is 2.53. The van der Waals surface area contributed by atoms with Crippen LogP contribution in [0.15, 0.2) is 24.5 Å². The van der Waals surface area contributed by atoms with E-state index in [1.165, 1.54) is 12.1 Å². The SMILES string of the molecule is CC(C)(C)OC(=O)C1CCN(c2cc(C(F)(F)F)ccc2/C=C/O)CC1. The Morgan fingerprint density at radius 2 is 1.85 bits per heavy atom. The van der Waals surface area contributed by atoms with Gasteiger partial charge in [-0.05, 0) is 51.8 Å². The number of carbonyl (C=O) groups is 1. The van der Waals surface area contributed by atoms with Gasteiger partial charge in [-0.2, -0.15) is 13.2 Å². The molecule has 1 fully saturated rings. The second kappa shape index (κ2) is 7.60. The van der Waals surface area contributed by atoms with E-state index in [2.05, 4.69) is 0 Å². The second-order valence-electron chi connectivity index (χ2n) is 7.38. The van der Waals surface area contributed by atoms with E-state index in [1.807, 2.05) is 4.90 Å². The van der Waals surface area contributed by atoms with E-state index in [4.69, 9.17) is 9.84 Å². The first-order valence-corrected chi connectivity index (χ1v) is 8.51. The highest BCUT2D eigenvalue weighted by atomic mass is 19.4. The van der Waals surface area contributed by atoms with Crippen LogP contribution in [0, 0.1) is 5.92 Å². The predicted octanol–water partition coefficient (Wildman–Crippen LogP) is 4.79. The molecule has 0 radical (unpaired) electrons. The van der Waals surface area contributed by atoms with Gasteiger partial charge in [0.1, 0.15) is 5.60 Å². The molecular weight excluding hydrogens is 347 g/mol. The number of esters is 1. The van der Waals surface area contributed by atoms with Gasteiger partial charge in [-0.25, -0.2) is 0 Å². The Morgan fingerprint density at radius 3 is 2.35 bits per heavy atom. The molecule has 1 aromatic rings. The third-order valence-corrected chi connectivity index (χ3v) is 4.19. The molecule has 0 atom stereocenters. The number of aliphatic hydroxyl groups excluding tert-OH is 1. The number of halogens is 3. The number of alkyl halides is 3. The Hall–Kier alpha value is -2.18. The Bertz CT molecular complexity index is 670. The lowest BCUT2D eigenvalue weighted by Crippen LogP contribution is -2.39. The van der Waals surface area contributed by atoms with Crippen LogP contribution < -0.4 is 4.90 Å². The van der Waals surface area contributed by atoms with Gasteiger partial charge in [-0.15, -0.1) is 0 Å². The normalized spacial score (nSPS) is 16.9. The van der Waals surface area contributed by atoms with Gasteiger partial charge in [-0.1, -0.05) is 6.07 Å². The Kier molecular flexibility index (Phi) is 5.88. The number of rotatable bonds is 3. The van der Waals surface area contributed by atoms with E-state index >= 15 is 0 Å². The smallest absolute Gasteiger partial charge is 0.416 e. The van der Waals surface area contributed by atoms with Crippen LogP contribution in [0.3, 0.4) is 0 Å². The van der Waals surface area contributed by atoms with Crippen molar-refractivity contribution < 1.29 is 27.8 Å². The van der Waals surface area contributed by atoms with Crippen LogP contribution in [-0.2, 0) is 15.7 Å². The zero-order valence-corrected chi connectivity index (χ0v) is 15.1. The first-order valence-electron chi connectivity index (χ1n) is 8.51. The maximum atomic E-state index is 13.0.